The van der Waals surface area contributed by atoms with Gasteiger partial charge in [-0.15, -0.1) is 0 Å². The maximum atomic E-state index is 2.22. The third-order valence-corrected chi connectivity index (χ3v) is 2.04. The van der Waals surface area contributed by atoms with Gasteiger partial charge in [0.15, 0.2) is 6.71 Å². The number of nitrogens with zero attached hydrogens (tertiary/aromatic N) is 1. The summed E-state index contributed by atoms with van der Waals surface area (Å²) in [6.45, 7) is 5.05. The van der Waals surface area contributed by atoms with Crippen LogP contribution in [0, 0.1) is 0 Å². The Hall–Kier alpha value is -0.915. The van der Waals surface area contributed by atoms with Crippen LogP contribution in [-0.4, -0.2) is 20.8 Å². The van der Waals surface area contributed by atoms with E-state index in [2.05, 4.69) is 56.9 Å². The van der Waals surface area contributed by atoms with E-state index in [1.54, 1.807) is 0 Å². The van der Waals surface area contributed by atoms with E-state index >= 15 is 0 Å². The van der Waals surface area contributed by atoms with Crippen molar-refractivity contribution < 1.29 is 0 Å². The molecule has 0 saturated carbocycles. The van der Waals surface area contributed by atoms with Crippen LogP contribution in [0.3, 0.4) is 0 Å². The van der Waals surface area contributed by atoms with Gasteiger partial charge in [0.25, 0.3) is 0 Å². The predicted octanol–water partition coefficient (Wildman–Crippen LogP) is 1.71. The summed E-state index contributed by atoms with van der Waals surface area (Å²) in [4.78, 5) is 2.16. The van der Waals surface area contributed by atoms with Crippen LogP contribution in [0.5, 0.6) is 0 Å². The molecule has 0 aliphatic carbocycles. The quantitative estimate of drug-likeness (QED) is 0.597. The highest BCUT2D eigenvalue weighted by Crippen LogP contribution is 2.07. The van der Waals surface area contributed by atoms with Crippen molar-refractivity contribution in [2.75, 3.05) is 19.0 Å². The van der Waals surface area contributed by atoms with Crippen LogP contribution in [0.2, 0.25) is 13.6 Å². The molecule has 0 radical (unpaired) electrons. The third kappa shape index (κ3) is 1.82. The minimum absolute atomic E-state index is 0.601. The van der Waals surface area contributed by atoms with E-state index in [0.717, 1.165) is 0 Å². The molecule has 2 heteroatoms. The second-order valence-electron chi connectivity index (χ2n) is 3.61. The van der Waals surface area contributed by atoms with Crippen molar-refractivity contribution in [3.05, 3.63) is 24.3 Å². The van der Waals surface area contributed by atoms with Gasteiger partial charge in [0.05, 0.1) is 0 Å². The van der Waals surface area contributed by atoms with E-state index in [0.29, 0.717) is 6.71 Å². The summed E-state index contributed by atoms with van der Waals surface area (Å²) in [7, 11) is 4.17. The van der Waals surface area contributed by atoms with Gasteiger partial charge in [-0.1, -0.05) is 37.3 Å². The number of benzene rings is 1. The maximum absolute atomic E-state index is 2.22. The van der Waals surface area contributed by atoms with Gasteiger partial charge >= 0.3 is 0 Å². The fourth-order valence-electron chi connectivity index (χ4n) is 1.38. The standard InChI is InChI=1S/C10H16BN/c1-11(2)9-7-5-6-8-10(9)12(3)4/h5-8H,1-4H3. The molecule has 0 unspecified atom stereocenters. The zero-order valence-corrected chi connectivity index (χ0v) is 8.33. The Balaban J connectivity index is 3.09. The van der Waals surface area contributed by atoms with Crippen LogP contribution in [0.25, 0.3) is 0 Å². The van der Waals surface area contributed by atoms with Crippen molar-refractivity contribution in [3.63, 3.8) is 0 Å². The Morgan fingerprint density at radius 3 is 2.08 bits per heavy atom. The molecule has 0 aliphatic heterocycles. The monoisotopic (exact) mass is 161 g/mol. The van der Waals surface area contributed by atoms with Crippen molar-refractivity contribution in [1.29, 1.82) is 0 Å². The Morgan fingerprint density at radius 2 is 1.67 bits per heavy atom. The molecule has 1 aromatic rings. The fraction of sp³-hybridized carbons (Fsp3) is 0.400. The van der Waals surface area contributed by atoms with E-state index in [1.807, 2.05) is 0 Å². The van der Waals surface area contributed by atoms with Gasteiger partial charge in [-0.3, -0.25) is 0 Å². The number of hydrogen-bond acceptors (Lipinski definition) is 1. The lowest BCUT2D eigenvalue weighted by atomic mass is 9.49. The molecule has 1 rings (SSSR count). The summed E-state index contributed by atoms with van der Waals surface area (Å²) in [5.74, 6) is 0. The van der Waals surface area contributed by atoms with Crippen LogP contribution in [0.4, 0.5) is 5.69 Å². The topological polar surface area (TPSA) is 3.24 Å². The van der Waals surface area contributed by atoms with Crippen LogP contribution in [0.1, 0.15) is 0 Å². The molecule has 0 N–H and O–H groups in total. The van der Waals surface area contributed by atoms with Crippen LogP contribution >= 0.6 is 0 Å². The van der Waals surface area contributed by atoms with Gasteiger partial charge in [-0.05, 0) is 6.07 Å². The smallest absolute Gasteiger partial charge is 0.172 e. The summed E-state index contributed by atoms with van der Waals surface area (Å²) in [5.41, 5.74) is 2.75. The molecular formula is C10H16BN. The highest BCUT2D eigenvalue weighted by molar-refractivity contribution is 6.72. The number of para-hydroxylation sites is 1. The fourth-order valence-corrected chi connectivity index (χ4v) is 1.38. The van der Waals surface area contributed by atoms with Gasteiger partial charge in [0.2, 0.25) is 0 Å². The molecule has 0 amide bonds. The zero-order chi connectivity index (χ0) is 9.14. The number of anilines is 1. The predicted molar refractivity (Wildman–Crippen MR) is 57.9 cm³/mol. The number of rotatable bonds is 2. The Bertz CT molecular complexity index is 229. The van der Waals surface area contributed by atoms with E-state index in [9.17, 15) is 0 Å². The van der Waals surface area contributed by atoms with Gasteiger partial charge in [-0.2, -0.15) is 0 Å². The van der Waals surface area contributed by atoms with E-state index in [4.69, 9.17) is 0 Å². The SMILES string of the molecule is CB(C)c1ccccc1N(C)C. The van der Waals surface area contributed by atoms with Crippen molar-refractivity contribution in [2.45, 2.75) is 13.6 Å². The van der Waals surface area contributed by atoms with Gasteiger partial charge < -0.3 is 4.90 Å². The first kappa shape index (κ1) is 9.18. The van der Waals surface area contributed by atoms with E-state index in [1.165, 1.54) is 11.2 Å². The third-order valence-electron chi connectivity index (χ3n) is 2.04. The minimum Gasteiger partial charge on any atom is -0.378 e. The summed E-state index contributed by atoms with van der Waals surface area (Å²) in [6, 6.07) is 8.54. The lowest BCUT2D eigenvalue weighted by Gasteiger charge is -2.18. The summed E-state index contributed by atoms with van der Waals surface area (Å²) in [6.07, 6.45) is 0. The first-order valence-electron chi connectivity index (χ1n) is 4.39. The Labute approximate surface area is 75.5 Å². The van der Waals surface area contributed by atoms with Crippen LogP contribution < -0.4 is 10.4 Å². The van der Waals surface area contributed by atoms with Gasteiger partial charge in [-0.25, -0.2) is 0 Å². The summed E-state index contributed by atoms with van der Waals surface area (Å²) in [5, 5.41) is 0. The Morgan fingerprint density at radius 1 is 1.08 bits per heavy atom. The van der Waals surface area contributed by atoms with Gasteiger partial charge in [0, 0.05) is 19.8 Å². The molecule has 0 spiro atoms. The van der Waals surface area contributed by atoms with Crippen molar-refractivity contribution in [2.24, 2.45) is 0 Å². The van der Waals surface area contributed by atoms with E-state index < -0.39 is 0 Å². The molecule has 0 atom stereocenters. The lowest BCUT2D eigenvalue weighted by Crippen LogP contribution is -2.29. The normalized spacial score (nSPS) is 9.67. The Kier molecular flexibility index (Phi) is 2.80. The summed E-state index contributed by atoms with van der Waals surface area (Å²) >= 11 is 0. The first-order chi connectivity index (χ1) is 5.63. The van der Waals surface area contributed by atoms with E-state index in [-0.39, 0.29) is 0 Å². The molecule has 64 valence electrons. The molecule has 0 aromatic heterocycles. The molecule has 1 nitrogen and oxygen atoms in total. The molecule has 0 saturated heterocycles. The average molecular weight is 161 g/mol. The summed E-state index contributed by atoms with van der Waals surface area (Å²) < 4.78 is 0. The minimum atomic E-state index is 0.601. The maximum Gasteiger partial charge on any atom is 0.172 e. The van der Waals surface area contributed by atoms with Gasteiger partial charge in [0.1, 0.15) is 0 Å². The molecule has 1 aromatic carbocycles. The van der Waals surface area contributed by atoms with Crippen LogP contribution in [0.15, 0.2) is 24.3 Å². The van der Waals surface area contributed by atoms with Crippen LogP contribution in [-0.2, 0) is 0 Å². The van der Waals surface area contributed by atoms with Crippen molar-refractivity contribution >= 4 is 17.9 Å². The molecule has 0 bridgehead atoms. The first-order valence-corrected chi connectivity index (χ1v) is 4.39. The molecule has 0 fully saturated rings. The second-order valence-corrected chi connectivity index (χ2v) is 3.61. The molecule has 0 aliphatic rings. The van der Waals surface area contributed by atoms with Crippen molar-refractivity contribution in [3.8, 4) is 0 Å². The lowest BCUT2D eigenvalue weighted by molar-refractivity contribution is 1.14. The second kappa shape index (κ2) is 3.66. The number of hydrogen-bond donors (Lipinski definition) is 0. The largest absolute Gasteiger partial charge is 0.378 e. The molecule has 12 heavy (non-hydrogen) atoms. The highest BCUT2D eigenvalue weighted by atomic mass is 15.1. The zero-order valence-electron chi connectivity index (χ0n) is 8.33. The van der Waals surface area contributed by atoms with Crippen molar-refractivity contribution in [1.82, 2.24) is 0 Å². The molecule has 0 heterocycles. The molecular weight excluding hydrogens is 145 g/mol. The average Bonchev–Trinajstić information content (AvgIpc) is 2.04. The highest BCUT2D eigenvalue weighted by Gasteiger charge is 2.08.